The smallest absolute Gasteiger partial charge is 0.115 e. The summed E-state index contributed by atoms with van der Waals surface area (Å²) in [6.45, 7) is 0. The zero-order valence-electron chi connectivity index (χ0n) is 10.7. The maximum atomic E-state index is 9.19. The van der Waals surface area contributed by atoms with E-state index in [1.807, 2.05) is 36.0 Å². The fraction of sp³-hybridized carbons (Fsp3) is 0.250. The van der Waals surface area contributed by atoms with E-state index in [-0.39, 0.29) is 0 Å². The molecule has 0 spiro atoms. The largest absolute Gasteiger partial charge is 0.508 e. The number of aromatic hydroxyl groups is 2. The van der Waals surface area contributed by atoms with E-state index in [1.54, 1.807) is 24.3 Å². The molecule has 0 atom stereocenters. The topological polar surface area (TPSA) is 40.5 Å². The number of thioether (sulfide) groups is 1. The number of rotatable bonds is 6. The molecule has 19 heavy (non-hydrogen) atoms. The Morgan fingerprint density at radius 2 is 1.32 bits per heavy atom. The molecule has 0 aliphatic heterocycles. The van der Waals surface area contributed by atoms with Crippen molar-refractivity contribution in [3.05, 3.63) is 54.1 Å². The average molecular weight is 274 g/mol. The summed E-state index contributed by atoms with van der Waals surface area (Å²) >= 11 is 1.82. The Labute approximate surface area is 118 Å². The molecule has 100 valence electrons. The fourth-order valence-electron chi connectivity index (χ4n) is 1.83. The van der Waals surface area contributed by atoms with Crippen molar-refractivity contribution >= 4 is 11.8 Å². The lowest BCUT2D eigenvalue weighted by molar-refractivity contribution is 0.474. The van der Waals surface area contributed by atoms with Crippen molar-refractivity contribution in [2.45, 2.75) is 24.2 Å². The molecule has 2 rings (SSSR count). The standard InChI is InChI=1S/C16H18O2S/c17-14-6-4-13(5-7-14)3-1-2-12-19-16-10-8-15(18)9-11-16/h4-11,17-18H,1-3,12H2. The fourth-order valence-corrected chi connectivity index (χ4v) is 2.74. The first-order chi connectivity index (χ1) is 9.24. The van der Waals surface area contributed by atoms with Crippen LogP contribution in [0.3, 0.4) is 0 Å². The molecule has 0 radical (unpaired) electrons. The highest BCUT2D eigenvalue weighted by atomic mass is 32.2. The van der Waals surface area contributed by atoms with Crippen LogP contribution >= 0.6 is 11.8 Å². The van der Waals surface area contributed by atoms with Crippen LogP contribution in [0.15, 0.2) is 53.4 Å². The highest BCUT2D eigenvalue weighted by molar-refractivity contribution is 7.99. The minimum absolute atomic E-state index is 0.316. The van der Waals surface area contributed by atoms with Gasteiger partial charge in [-0.25, -0.2) is 0 Å². The van der Waals surface area contributed by atoms with Crippen molar-refractivity contribution < 1.29 is 10.2 Å². The lowest BCUT2D eigenvalue weighted by Crippen LogP contribution is -1.87. The van der Waals surface area contributed by atoms with Gasteiger partial charge in [-0.3, -0.25) is 0 Å². The molecule has 0 saturated heterocycles. The SMILES string of the molecule is Oc1ccc(CCCCSc2ccc(O)cc2)cc1. The second-order valence-corrected chi connectivity index (χ2v) is 5.63. The summed E-state index contributed by atoms with van der Waals surface area (Å²) in [7, 11) is 0. The van der Waals surface area contributed by atoms with Crippen LogP contribution in [0.2, 0.25) is 0 Å². The Kier molecular flexibility index (Phi) is 5.16. The monoisotopic (exact) mass is 274 g/mol. The molecule has 3 heteroatoms. The van der Waals surface area contributed by atoms with E-state index in [4.69, 9.17) is 0 Å². The first-order valence-corrected chi connectivity index (χ1v) is 7.42. The quantitative estimate of drug-likeness (QED) is 0.612. The molecule has 0 aromatic heterocycles. The van der Waals surface area contributed by atoms with Gasteiger partial charge in [-0.1, -0.05) is 12.1 Å². The highest BCUT2D eigenvalue weighted by Gasteiger charge is 1.97. The van der Waals surface area contributed by atoms with Crippen molar-refractivity contribution in [3.8, 4) is 11.5 Å². The van der Waals surface area contributed by atoms with Crippen LogP contribution < -0.4 is 0 Å². The van der Waals surface area contributed by atoms with E-state index < -0.39 is 0 Å². The van der Waals surface area contributed by atoms with Crippen LogP contribution in [0.1, 0.15) is 18.4 Å². The Bertz CT molecular complexity index is 444. The summed E-state index contributed by atoms with van der Waals surface area (Å²) in [5.41, 5.74) is 1.27. The third-order valence-electron chi connectivity index (χ3n) is 2.90. The Hall–Kier alpha value is -1.61. The molecule has 0 heterocycles. The molecule has 0 saturated carbocycles. The highest BCUT2D eigenvalue weighted by Crippen LogP contribution is 2.22. The Morgan fingerprint density at radius 1 is 0.737 bits per heavy atom. The first kappa shape index (κ1) is 13.8. The molecule has 0 unspecified atom stereocenters. The van der Waals surface area contributed by atoms with E-state index in [9.17, 15) is 10.2 Å². The minimum atomic E-state index is 0.316. The van der Waals surface area contributed by atoms with Crippen LogP contribution in [0, 0.1) is 0 Å². The Balaban J connectivity index is 1.64. The molecule has 0 aliphatic carbocycles. The van der Waals surface area contributed by atoms with Gasteiger partial charge >= 0.3 is 0 Å². The van der Waals surface area contributed by atoms with Gasteiger partial charge < -0.3 is 10.2 Å². The summed E-state index contributed by atoms with van der Waals surface area (Å²) in [5.74, 6) is 1.73. The molecular weight excluding hydrogens is 256 g/mol. The summed E-state index contributed by atoms with van der Waals surface area (Å²) < 4.78 is 0. The zero-order chi connectivity index (χ0) is 13.5. The van der Waals surface area contributed by atoms with E-state index in [1.165, 1.54) is 10.5 Å². The zero-order valence-corrected chi connectivity index (χ0v) is 11.6. The Morgan fingerprint density at radius 3 is 1.95 bits per heavy atom. The van der Waals surface area contributed by atoms with Crippen molar-refractivity contribution in [2.24, 2.45) is 0 Å². The second-order valence-electron chi connectivity index (χ2n) is 4.47. The predicted molar refractivity (Wildman–Crippen MR) is 79.9 cm³/mol. The number of aryl methyl sites for hydroxylation is 1. The van der Waals surface area contributed by atoms with E-state index in [0.717, 1.165) is 25.0 Å². The number of hydrogen-bond donors (Lipinski definition) is 2. The van der Waals surface area contributed by atoms with Crippen molar-refractivity contribution in [2.75, 3.05) is 5.75 Å². The van der Waals surface area contributed by atoms with E-state index >= 15 is 0 Å². The van der Waals surface area contributed by atoms with Crippen molar-refractivity contribution in [1.82, 2.24) is 0 Å². The van der Waals surface area contributed by atoms with Gasteiger partial charge in [0.05, 0.1) is 0 Å². The first-order valence-electron chi connectivity index (χ1n) is 6.44. The second kappa shape index (κ2) is 7.10. The maximum absolute atomic E-state index is 9.19. The van der Waals surface area contributed by atoms with Gasteiger partial charge in [-0.2, -0.15) is 0 Å². The number of hydrogen-bond acceptors (Lipinski definition) is 3. The summed E-state index contributed by atoms with van der Waals surface area (Å²) in [4.78, 5) is 1.20. The van der Waals surface area contributed by atoms with Crippen LogP contribution in [0.4, 0.5) is 0 Å². The summed E-state index contributed by atoms with van der Waals surface area (Å²) in [5, 5.41) is 18.4. The lowest BCUT2D eigenvalue weighted by Gasteiger charge is -2.03. The normalized spacial score (nSPS) is 10.5. The molecule has 2 aromatic carbocycles. The van der Waals surface area contributed by atoms with Gasteiger partial charge in [0.15, 0.2) is 0 Å². The number of benzene rings is 2. The minimum Gasteiger partial charge on any atom is -0.508 e. The molecule has 2 N–H and O–H groups in total. The number of unbranched alkanes of at least 4 members (excludes halogenated alkanes) is 1. The molecule has 0 aliphatic rings. The molecule has 2 nitrogen and oxygen atoms in total. The molecule has 0 bridgehead atoms. The molecule has 0 fully saturated rings. The summed E-state index contributed by atoms with van der Waals surface area (Å²) in [6, 6.07) is 14.8. The predicted octanol–water partition coefficient (Wildman–Crippen LogP) is 4.21. The van der Waals surface area contributed by atoms with Gasteiger partial charge in [0, 0.05) is 4.90 Å². The molecular formula is C16H18O2S. The van der Waals surface area contributed by atoms with Gasteiger partial charge in [0.2, 0.25) is 0 Å². The third-order valence-corrected chi connectivity index (χ3v) is 4.00. The van der Waals surface area contributed by atoms with Gasteiger partial charge in [-0.05, 0) is 67.0 Å². The lowest BCUT2D eigenvalue weighted by atomic mass is 10.1. The summed E-state index contributed by atoms with van der Waals surface area (Å²) in [6.07, 6.45) is 3.36. The van der Waals surface area contributed by atoms with Gasteiger partial charge in [0.25, 0.3) is 0 Å². The molecule has 0 amide bonds. The number of phenolic OH excluding ortho intramolecular Hbond substituents is 2. The van der Waals surface area contributed by atoms with E-state index in [0.29, 0.717) is 11.5 Å². The maximum Gasteiger partial charge on any atom is 0.115 e. The van der Waals surface area contributed by atoms with Crippen molar-refractivity contribution in [3.63, 3.8) is 0 Å². The van der Waals surface area contributed by atoms with Crippen LogP contribution in [-0.4, -0.2) is 16.0 Å². The van der Waals surface area contributed by atoms with Crippen LogP contribution in [-0.2, 0) is 6.42 Å². The van der Waals surface area contributed by atoms with Crippen molar-refractivity contribution in [1.29, 1.82) is 0 Å². The van der Waals surface area contributed by atoms with Gasteiger partial charge in [0.1, 0.15) is 11.5 Å². The molecule has 2 aromatic rings. The van der Waals surface area contributed by atoms with Crippen LogP contribution in [0.25, 0.3) is 0 Å². The van der Waals surface area contributed by atoms with E-state index in [2.05, 4.69) is 0 Å². The average Bonchev–Trinajstić information content (AvgIpc) is 2.43. The van der Waals surface area contributed by atoms with Gasteiger partial charge in [-0.15, -0.1) is 11.8 Å². The van der Waals surface area contributed by atoms with Crippen LogP contribution in [0.5, 0.6) is 11.5 Å². The third kappa shape index (κ3) is 4.87. The number of phenols is 2.